The first-order chi connectivity index (χ1) is 15.6. The number of hydrogen-bond donors (Lipinski definition) is 2. The summed E-state index contributed by atoms with van der Waals surface area (Å²) in [7, 11) is 0. The molecule has 2 aliphatic heterocycles. The van der Waals surface area contributed by atoms with Crippen molar-refractivity contribution in [1.82, 2.24) is 0 Å². The summed E-state index contributed by atoms with van der Waals surface area (Å²) in [5.41, 5.74) is -6.09. The number of carbonyl (C=O) groups is 4. The van der Waals surface area contributed by atoms with Crippen LogP contribution in [-0.2, 0) is 38.1 Å². The summed E-state index contributed by atoms with van der Waals surface area (Å²) < 4.78 is 22.9. The van der Waals surface area contributed by atoms with Crippen molar-refractivity contribution in [3.8, 4) is 0 Å². The van der Waals surface area contributed by atoms with E-state index in [1.54, 1.807) is 13.8 Å². The fourth-order valence-corrected chi connectivity index (χ4v) is 5.97. The second-order valence-electron chi connectivity index (χ2n) is 10.2. The quantitative estimate of drug-likeness (QED) is 0.249. The standard InChI is InChI=1S/C24H30O10/c1-11-9-17-24(23(6,34-24)20(29)33-17)19(32-13(3)26)18-21(4,8-7-15(28)22(18,5)30)16(10-14(11)27)31-12(2)25/h7-9,14,16-19,27,30H,10H2,1-6H3/b11-9-/t14-,16+,17+,18-,19+,21-,22-,23+,24+/m1/s1. The second kappa shape index (κ2) is 7.47. The van der Waals surface area contributed by atoms with Crippen LogP contribution in [0.5, 0.6) is 0 Å². The van der Waals surface area contributed by atoms with Gasteiger partial charge in [0.2, 0.25) is 0 Å². The molecule has 10 nitrogen and oxygen atoms in total. The van der Waals surface area contributed by atoms with Gasteiger partial charge in [-0.25, -0.2) is 4.79 Å². The number of hydrogen-bond acceptors (Lipinski definition) is 10. The highest BCUT2D eigenvalue weighted by atomic mass is 16.7. The third kappa shape index (κ3) is 3.19. The predicted molar refractivity (Wildman–Crippen MR) is 114 cm³/mol. The lowest BCUT2D eigenvalue weighted by Gasteiger charge is -2.52. The number of aliphatic hydroxyl groups excluding tert-OH is 1. The third-order valence-electron chi connectivity index (χ3n) is 7.89. The second-order valence-corrected chi connectivity index (χ2v) is 10.2. The van der Waals surface area contributed by atoms with Gasteiger partial charge in [0.25, 0.3) is 0 Å². The number of ether oxygens (including phenoxy) is 4. The Labute approximate surface area is 196 Å². The summed E-state index contributed by atoms with van der Waals surface area (Å²) >= 11 is 0. The zero-order valence-corrected chi connectivity index (χ0v) is 20.0. The number of ketones is 1. The molecule has 2 aliphatic carbocycles. The van der Waals surface area contributed by atoms with Crippen molar-refractivity contribution in [3.63, 3.8) is 0 Å². The molecule has 2 saturated heterocycles. The van der Waals surface area contributed by atoms with E-state index >= 15 is 0 Å². The van der Waals surface area contributed by atoms with Gasteiger partial charge in [0.15, 0.2) is 23.1 Å². The Hall–Kier alpha value is -2.56. The lowest BCUT2D eigenvalue weighted by atomic mass is 9.55. The molecule has 2 N–H and O–H groups in total. The maximum atomic E-state index is 12.9. The molecule has 2 fully saturated rings. The normalized spacial score (nSPS) is 48.9. The lowest BCUT2D eigenvalue weighted by Crippen LogP contribution is -2.66. The zero-order valence-electron chi connectivity index (χ0n) is 20.0. The van der Waals surface area contributed by atoms with Crippen molar-refractivity contribution < 1.29 is 48.3 Å². The SMILES string of the molecule is CC(=O)O[C@H]1C[C@@H](O)/C(C)=C\[C@@H]2OC(=O)[C@]3(C)O[C@]23[C@@H](OC(C)=O)[C@@H]2[C@]1(C)C=CC(=O)[C@@]2(C)O. The number of rotatable bonds is 2. The van der Waals surface area contributed by atoms with Crippen LogP contribution in [0.1, 0.15) is 48.0 Å². The molecule has 0 amide bonds. The minimum atomic E-state index is -2.11. The van der Waals surface area contributed by atoms with Gasteiger partial charge in [-0.1, -0.05) is 13.0 Å². The number of epoxide rings is 1. The minimum Gasteiger partial charge on any atom is -0.462 e. The molecule has 0 aromatic rings. The zero-order chi connectivity index (χ0) is 25.4. The average Bonchev–Trinajstić information content (AvgIpc) is 3.30. The maximum Gasteiger partial charge on any atom is 0.342 e. The first-order valence-corrected chi connectivity index (χ1v) is 11.2. The van der Waals surface area contributed by atoms with Gasteiger partial charge < -0.3 is 29.2 Å². The average molecular weight is 478 g/mol. The summed E-state index contributed by atoms with van der Waals surface area (Å²) in [6.07, 6.45) is -0.423. The van der Waals surface area contributed by atoms with Crippen molar-refractivity contribution in [2.75, 3.05) is 0 Å². The van der Waals surface area contributed by atoms with Gasteiger partial charge in [0, 0.05) is 31.6 Å². The van der Waals surface area contributed by atoms with Crippen LogP contribution in [0, 0.1) is 11.3 Å². The van der Waals surface area contributed by atoms with Crippen molar-refractivity contribution >= 4 is 23.7 Å². The minimum absolute atomic E-state index is 0.0812. The Kier molecular flexibility index (Phi) is 5.39. The summed E-state index contributed by atoms with van der Waals surface area (Å²) in [5, 5.41) is 22.5. The number of aliphatic hydroxyl groups is 2. The summed E-state index contributed by atoms with van der Waals surface area (Å²) in [6, 6.07) is 0. The van der Waals surface area contributed by atoms with E-state index in [1.165, 1.54) is 45.9 Å². The Balaban J connectivity index is 2.03. The van der Waals surface area contributed by atoms with Crippen molar-refractivity contribution in [3.05, 3.63) is 23.8 Å². The van der Waals surface area contributed by atoms with Gasteiger partial charge in [-0.15, -0.1) is 0 Å². The van der Waals surface area contributed by atoms with Crippen molar-refractivity contribution in [1.29, 1.82) is 0 Å². The lowest BCUT2D eigenvalue weighted by molar-refractivity contribution is -0.199. The van der Waals surface area contributed by atoms with E-state index in [0.717, 1.165) is 0 Å². The van der Waals surface area contributed by atoms with E-state index in [1.807, 2.05) is 0 Å². The summed E-state index contributed by atoms with van der Waals surface area (Å²) in [5.74, 6) is -3.93. The number of carbonyl (C=O) groups excluding carboxylic acids is 4. The topological polar surface area (TPSA) is 149 Å². The van der Waals surface area contributed by atoms with E-state index < -0.39 is 76.2 Å². The maximum absolute atomic E-state index is 12.9. The van der Waals surface area contributed by atoms with E-state index in [9.17, 15) is 29.4 Å². The van der Waals surface area contributed by atoms with Crippen LogP contribution in [0.3, 0.4) is 0 Å². The van der Waals surface area contributed by atoms with Crippen LogP contribution in [0.4, 0.5) is 0 Å². The van der Waals surface area contributed by atoms with Gasteiger partial charge in [-0.05, 0) is 38.5 Å². The van der Waals surface area contributed by atoms with Gasteiger partial charge in [-0.2, -0.15) is 0 Å². The summed E-state index contributed by atoms with van der Waals surface area (Å²) in [4.78, 5) is 50.1. The Morgan fingerprint density at radius 3 is 2.29 bits per heavy atom. The van der Waals surface area contributed by atoms with E-state index in [0.29, 0.717) is 5.57 Å². The van der Waals surface area contributed by atoms with Crippen LogP contribution in [0.2, 0.25) is 0 Å². The summed E-state index contributed by atoms with van der Waals surface area (Å²) in [6.45, 7) is 8.44. The smallest absolute Gasteiger partial charge is 0.342 e. The van der Waals surface area contributed by atoms with Crippen LogP contribution >= 0.6 is 0 Å². The number of fused-ring (bicyclic) bond motifs is 1. The predicted octanol–water partition coefficient (Wildman–Crippen LogP) is 0.526. The Bertz CT molecular complexity index is 1030. The molecule has 0 aromatic heterocycles. The third-order valence-corrected chi connectivity index (χ3v) is 7.89. The molecule has 0 unspecified atom stereocenters. The molecule has 186 valence electrons. The molecule has 0 bridgehead atoms. The van der Waals surface area contributed by atoms with Crippen LogP contribution < -0.4 is 0 Å². The molecular formula is C24H30O10. The van der Waals surface area contributed by atoms with Crippen LogP contribution in [0.25, 0.3) is 0 Å². The molecular weight excluding hydrogens is 448 g/mol. The molecule has 1 spiro atoms. The Morgan fingerprint density at radius 1 is 1.12 bits per heavy atom. The monoisotopic (exact) mass is 478 g/mol. The molecule has 0 saturated carbocycles. The fourth-order valence-electron chi connectivity index (χ4n) is 5.97. The molecule has 4 aliphatic rings. The molecule has 0 aromatic carbocycles. The van der Waals surface area contributed by atoms with Gasteiger partial charge in [-0.3, -0.25) is 14.4 Å². The van der Waals surface area contributed by atoms with Crippen LogP contribution in [0.15, 0.2) is 23.8 Å². The molecule has 10 heteroatoms. The first-order valence-electron chi connectivity index (χ1n) is 11.2. The fraction of sp³-hybridized carbons (Fsp3) is 0.667. The molecule has 9 atom stereocenters. The largest absolute Gasteiger partial charge is 0.462 e. The van der Waals surface area contributed by atoms with Gasteiger partial charge in [0.05, 0.1) is 6.10 Å². The van der Waals surface area contributed by atoms with E-state index in [-0.39, 0.29) is 6.42 Å². The Morgan fingerprint density at radius 2 is 1.74 bits per heavy atom. The highest BCUT2D eigenvalue weighted by Gasteiger charge is 2.87. The molecule has 0 radical (unpaired) electrons. The molecule has 34 heavy (non-hydrogen) atoms. The number of esters is 3. The highest BCUT2D eigenvalue weighted by molar-refractivity contribution is 5.98. The first kappa shape index (κ1) is 24.6. The van der Waals surface area contributed by atoms with Gasteiger partial charge in [0.1, 0.15) is 17.8 Å². The molecule has 4 rings (SSSR count). The van der Waals surface area contributed by atoms with E-state index in [2.05, 4.69) is 0 Å². The van der Waals surface area contributed by atoms with Crippen LogP contribution in [-0.4, -0.2) is 75.1 Å². The molecule has 2 heterocycles. The van der Waals surface area contributed by atoms with Crippen molar-refractivity contribution in [2.45, 2.75) is 89.2 Å². The van der Waals surface area contributed by atoms with Crippen molar-refractivity contribution in [2.24, 2.45) is 11.3 Å². The van der Waals surface area contributed by atoms with E-state index in [4.69, 9.17) is 18.9 Å². The highest BCUT2D eigenvalue weighted by Crippen LogP contribution is 2.65. The van der Waals surface area contributed by atoms with Gasteiger partial charge >= 0.3 is 17.9 Å².